The number of aromatic amines is 1. The lowest BCUT2D eigenvalue weighted by Crippen LogP contribution is -2.30. The summed E-state index contributed by atoms with van der Waals surface area (Å²) in [6, 6.07) is 0. The number of imidazole rings is 1. The fourth-order valence-corrected chi connectivity index (χ4v) is 2.49. The number of nitrogens with one attached hydrogen (secondary N) is 2. The zero-order chi connectivity index (χ0) is 18.6. The minimum Gasteiger partial charge on any atom is -0.389 e. The van der Waals surface area contributed by atoms with Crippen molar-refractivity contribution in [2.75, 3.05) is 18.5 Å². The first kappa shape index (κ1) is 19.2. The van der Waals surface area contributed by atoms with Crippen molar-refractivity contribution in [1.82, 2.24) is 19.1 Å². The molecular weight excluding hydrogens is 326 g/mol. The van der Waals surface area contributed by atoms with Crippen LogP contribution in [0, 0.1) is 0 Å². The molecule has 0 aliphatic heterocycles. The lowest BCUT2D eigenvalue weighted by molar-refractivity contribution is -0.000106. The monoisotopic (exact) mass is 353 g/mol. The summed E-state index contributed by atoms with van der Waals surface area (Å²) < 4.78 is 8.33. The van der Waals surface area contributed by atoms with Gasteiger partial charge in [-0.25, -0.2) is 4.79 Å². The maximum Gasteiger partial charge on any atom is 0.329 e. The number of fused-ring (bicyclic) bond motifs is 1. The number of aromatic nitrogens is 4. The van der Waals surface area contributed by atoms with Crippen LogP contribution in [0.4, 0.5) is 5.95 Å². The Morgan fingerprint density at radius 2 is 2.08 bits per heavy atom. The van der Waals surface area contributed by atoms with Gasteiger partial charge in [0.2, 0.25) is 5.95 Å². The zero-order valence-corrected chi connectivity index (χ0v) is 15.2. The number of nitrogens with zero attached hydrogens (tertiary/aromatic N) is 3. The summed E-state index contributed by atoms with van der Waals surface area (Å²) in [5.41, 5.74) is -0.508. The minimum absolute atomic E-state index is 0.000514. The molecule has 2 heterocycles. The fourth-order valence-electron chi connectivity index (χ4n) is 2.49. The third kappa shape index (κ3) is 4.49. The maximum atomic E-state index is 12.3. The number of hydrogen-bond donors (Lipinski definition) is 3. The molecule has 0 saturated heterocycles. The van der Waals surface area contributed by atoms with Gasteiger partial charge in [-0.05, 0) is 20.3 Å². The quantitative estimate of drug-likeness (QED) is 0.563. The van der Waals surface area contributed by atoms with Crippen molar-refractivity contribution >= 4 is 17.1 Å². The molecule has 0 aliphatic carbocycles. The van der Waals surface area contributed by atoms with Crippen LogP contribution in [0.3, 0.4) is 0 Å². The van der Waals surface area contributed by atoms with Gasteiger partial charge in [0.15, 0.2) is 11.2 Å². The van der Waals surface area contributed by atoms with Gasteiger partial charge in [-0.1, -0.05) is 13.3 Å². The average Bonchev–Trinajstić information content (AvgIpc) is 2.90. The van der Waals surface area contributed by atoms with Crippen LogP contribution in [0.5, 0.6) is 0 Å². The number of rotatable bonds is 9. The number of H-pyrrole nitrogens is 1. The molecule has 2 rings (SSSR count). The SMILES string of the molecule is CCCCNc1nc2c(c(=O)[nH]c(=O)n2C)n1C[C@@H](O)COC(C)C. The molecule has 1 atom stereocenters. The minimum atomic E-state index is -0.803. The van der Waals surface area contributed by atoms with Crippen molar-refractivity contribution in [3.8, 4) is 0 Å². The van der Waals surface area contributed by atoms with Crippen LogP contribution in [-0.2, 0) is 18.3 Å². The summed E-state index contributed by atoms with van der Waals surface area (Å²) in [7, 11) is 1.55. The van der Waals surface area contributed by atoms with E-state index in [1.165, 1.54) is 4.57 Å². The number of unbranched alkanes of at least 4 members (excludes halogenated alkanes) is 1. The van der Waals surface area contributed by atoms with E-state index in [0.717, 1.165) is 12.8 Å². The van der Waals surface area contributed by atoms with Crippen molar-refractivity contribution in [3.63, 3.8) is 0 Å². The highest BCUT2D eigenvalue weighted by Gasteiger charge is 2.19. The summed E-state index contributed by atoms with van der Waals surface area (Å²) in [4.78, 5) is 30.8. The van der Waals surface area contributed by atoms with Crippen molar-refractivity contribution in [3.05, 3.63) is 20.8 Å². The number of aliphatic hydroxyl groups excluding tert-OH is 1. The summed E-state index contributed by atoms with van der Waals surface area (Å²) >= 11 is 0. The Bertz CT molecular complexity index is 820. The lowest BCUT2D eigenvalue weighted by Gasteiger charge is -2.16. The summed E-state index contributed by atoms with van der Waals surface area (Å²) in [5, 5.41) is 13.4. The molecule has 2 aromatic rings. The zero-order valence-electron chi connectivity index (χ0n) is 15.2. The topological polar surface area (TPSA) is 114 Å². The lowest BCUT2D eigenvalue weighted by atomic mass is 10.3. The van der Waals surface area contributed by atoms with Crippen LogP contribution in [0.25, 0.3) is 11.2 Å². The standard InChI is InChI=1S/C16H27N5O4/c1-5-6-7-17-15-18-13-12(14(23)19-16(24)20(13)4)21(15)8-11(22)9-25-10(2)3/h10-11,22H,5-9H2,1-4H3,(H,17,18)(H,19,23,24)/t11-/m1/s1. The summed E-state index contributed by atoms with van der Waals surface area (Å²) in [5.74, 6) is 0.457. The van der Waals surface area contributed by atoms with Crippen LogP contribution >= 0.6 is 0 Å². The van der Waals surface area contributed by atoms with E-state index in [2.05, 4.69) is 22.2 Å². The van der Waals surface area contributed by atoms with E-state index in [0.29, 0.717) is 12.5 Å². The summed E-state index contributed by atoms with van der Waals surface area (Å²) in [6.07, 6.45) is 1.15. The van der Waals surface area contributed by atoms with Gasteiger partial charge in [-0.3, -0.25) is 14.3 Å². The Hall–Kier alpha value is -2.13. The predicted octanol–water partition coefficient (Wildman–Crippen LogP) is 0.421. The highest BCUT2D eigenvalue weighted by Crippen LogP contribution is 2.16. The van der Waals surface area contributed by atoms with E-state index in [-0.39, 0.29) is 30.4 Å². The van der Waals surface area contributed by atoms with Gasteiger partial charge < -0.3 is 19.7 Å². The molecule has 0 amide bonds. The molecule has 0 fully saturated rings. The van der Waals surface area contributed by atoms with Crippen LogP contribution in [0.2, 0.25) is 0 Å². The number of aryl methyl sites for hydroxylation is 1. The molecule has 3 N–H and O–H groups in total. The van der Waals surface area contributed by atoms with E-state index in [1.54, 1.807) is 11.6 Å². The Labute approximate surface area is 145 Å². The molecule has 25 heavy (non-hydrogen) atoms. The Morgan fingerprint density at radius 3 is 2.72 bits per heavy atom. The Kier molecular flexibility index (Phi) is 6.38. The van der Waals surface area contributed by atoms with Crippen molar-refractivity contribution in [2.45, 2.75) is 52.4 Å². The normalized spacial score (nSPS) is 12.9. The maximum absolute atomic E-state index is 12.3. The second kappa shape index (κ2) is 8.30. The van der Waals surface area contributed by atoms with Crippen molar-refractivity contribution < 1.29 is 9.84 Å². The molecule has 0 bridgehead atoms. The van der Waals surface area contributed by atoms with Gasteiger partial charge in [0.25, 0.3) is 5.56 Å². The first-order chi connectivity index (χ1) is 11.8. The first-order valence-corrected chi connectivity index (χ1v) is 8.58. The van der Waals surface area contributed by atoms with E-state index in [1.807, 2.05) is 13.8 Å². The molecule has 0 radical (unpaired) electrons. The molecule has 0 aliphatic rings. The number of ether oxygens (including phenoxy) is 1. The van der Waals surface area contributed by atoms with Crippen LogP contribution in [0.15, 0.2) is 9.59 Å². The molecule has 2 aromatic heterocycles. The smallest absolute Gasteiger partial charge is 0.329 e. The first-order valence-electron chi connectivity index (χ1n) is 8.58. The molecule has 0 spiro atoms. The number of aliphatic hydroxyl groups is 1. The van der Waals surface area contributed by atoms with E-state index >= 15 is 0 Å². The van der Waals surface area contributed by atoms with E-state index in [4.69, 9.17) is 4.74 Å². The van der Waals surface area contributed by atoms with Crippen LogP contribution in [0.1, 0.15) is 33.6 Å². The van der Waals surface area contributed by atoms with E-state index < -0.39 is 17.4 Å². The van der Waals surface area contributed by atoms with Gasteiger partial charge in [-0.15, -0.1) is 0 Å². The van der Waals surface area contributed by atoms with E-state index in [9.17, 15) is 14.7 Å². The highest BCUT2D eigenvalue weighted by atomic mass is 16.5. The molecule has 9 nitrogen and oxygen atoms in total. The van der Waals surface area contributed by atoms with Crippen LogP contribution in [-0.4, -0.2) is 49.6 Å². The van der Waals surface area contributed by atoms with Gasteiger partial charge in [0.1, 0.15) is 0 Å². The molecule has 0 aromatic carbocycles. The largest absolute Gasteiger partial charge is 0.389 e. The molecule has 0 saturated carbocycles. The highest BCUT2D eigenvalue weighted by molar-refractivity contribution is 5.74. The second-order valence-electron chi connectivity index (χ2n) is 6.35. The van der Waals surface area contributed by atoms with Crippen molar-refractivity contribution in [2.24, 2.45) is 7.05 Å². The molecule has 140 valence electrons. The van der Waals surface area contributed by atoms with Crippen LogP contribution < -0.4 is 16.6 Å². The predicted molar refractivity (Wildman–Crippen MR) is 96.1 cm³/mol. The average molecular weight is 353 g/mol. The van der Waals surface area contributed by atoms with Crippen molar-refractivity contribution in [1.29, 1.82) is 0 Å². The molecule has 0 unspecified atom stereocenters. The third-order valence-electron chi connectivity index (χ3n) is 3.84. The van der Waals surface area contributed by atoms with Gasteiger partial charge in [-0.2, -0.15) is 4.98 Å². The number of hydrogen-bond acceptors (Lipinski definition) is 6. The third-order valence-corrected chi connectivity index (χ3v) is 3.84. The van der Waals surface area contributed by atoms with Gasteiger partial charge in [0, 0.05) is 13.6 Å². The molecular formula is C16H27N5O4. The Balaban J connectivity index is 2.42. The van der Waals surface area contributed by atoms with Gasteiger partial charge >= 0.3 is 5.69 Å². The molecule has 9 heteroatoms. The Morgan fingerprint density at radius 1 is 1.36 bits per heavy atom. The second-order valence-corrected chi connectivity index (χ2v) is 6.35. The fraction of sp³-hybridized carbons (Fsp3) is 0.688. The summed E-state index contributed by atoms with van der Waals surface area (Å²) in [6.45, 7) is 6.82. The van der Waals surface area contributed by atoms with Gasteiger partial charge in [0.05, 0.1) is 25.4 Å². The number of anilines is 1.